The summed E-state index contributed by atoms with van der Waals surface area (Å²) in [5.41, 5.74) is -5.52. The summed E-state index contributed by atoms with van der Waals surface area (Å²) in [5.74, 6) is -6.49. The molecular weight excluding hydrogens is 540 g/mol. The molecule has 0 aromatic heterocycles. The summed E-state index contributed by atoms with van der Waals surface area (Å²) in [5, 5.41) is 44.8. The maximum absolute atomic E-state index is 13.6. The number of ether oxygens (including phenoxy) is 4. The predicted octanol–water partition coefficient (Wildman–Crippen LogP) is 0.636. The zero-order valence-electron chi connectivity index (χ0n) is 23.5. The van der Waals surface area contributed by atoms with Gasteiger partial charge in [-0.05, 0) is 43.1 Å². The second-order valence-electron chi connectivity index (χ2n) is 13.3. The molecule has 5 fully saturated rings. The predicted molar refractivity (Wildman–Crippen MR) is 136 cm³/mol. The molecule has 6 rings (SSSR count). The first-order valence-electron chi connectivity index (χ1n) is 14.4. The van der Waals surface area contributed by atoms with Crippen molar-refractivity contribution in [3.8, 4) is 0 Å². The van der Waals surface area contributed by atoms with Gasteiger partial charge in [0.15, 0.2) is 11.5 Å². The second kappa shape index (κ2) is 9.23. The summed E-state index contributed by atoms with van der Waals surface area (Å²) in [6.45, 7) is 3.16. The molecule has 2 aliphatic heterocycles. The van der Waals surface area contributed by atoms with E-state index < -0.39 is 87.9 Å². The summed E-state index contributed by atoms with van der Waals surface area (Å²) in [7, 11) is 1.09. The van der Waals surface area contributed by atoms with Gasteiger partial charge in [0.05, 0.1) is 37.8 Å². The van der Waals surface area contributed by atoms with E-state index in [0.29, 0.717) is 18.4 Å². The Kier molecular flexibility index (Phi) is 6.43. The van der Waals surface area contributed by atoms with E-state index in [9.17, 15) is 39.6 Å². The number of hydrogen-bond donors (Lipinski definition) is 4. The zero-order chi connectivity index (χ0) is 29.7. The van der Waals surface area contributed by atoms with E-state index in [1.54, 1.807) is 13.8 Å². The fraction of sp³-hybridized carbons (Fsp3) is 0.793. The van der Waals surface area contributed by atoms with Crippen molar-refractivity contribution in [2.75, 3.05) is 13.7 Å². The van der Waals surface area contributed by atoms with Crippen LogP contribution in [0, 0.1) is 28.6 Å². The molecule has 226 valence electrons. The first-order valence-corrected chi connectivity index (χ1v) is 14.4. The number of aliphatic hydroxyl groups is 4. The third-order valence-electron chi connectivity index (χ3n) is 11.4. The first kappa shape index (κ1) is 28.6. The Labute approximate surface area is 237 Å². The number of fused-ring (bicyclic) bond motifs is 2. The molecule has 10 atom stereocenters. The van der Waals surface area contributed by atoms with Gasteiger partial charge in [0.2, 0.25) is 11.7 Å². The average molecular weight is 579 g/mol. The van der Waals surface area contributed by atoms with Crippen molar-refractivity contribution in [3.05, 3.63) is 11.3 Å². The molecule has 0 amide bonds. The van der Waals surface area contributed by atoms with Crippen LogP contribution in [0.15, 0.2) is 11.3 Å². The van der Waals surface area contributed by atoms with Crippen LogP contribution >= 0.6 is 0 Å². The average Bonchev–Trinajstić information content (AvgIpc) is 3.22. The number of allylic oxidation sites excluding steroid dienone is 2. The van der Waals surface area contributed by atoms with Crippen molar-refractivity contribution < 1.29 is 58.6 Å². The van der Waals surface area contributed by atoms with E-state index in [4.69, 9.17) is 18.9 Å². The highest BCUT2D eigenvalue weighted by Crippen LogP contribution is 2.72. The number of carbonyl (C=O) groups is 4. The van der Waals surface area contributed by atoms with E-state index in [1.165, 1.54) is 0 Å². The van der Waals surface area contributed by atoms with Gasteiger partial charge < -0.3 is 39.4 Å². The van der Waals surface area contributed by atoms with Crippen LogP contribution < -0.4 is 0 Å². The Bertz CT molecular complexity index is 1220. The SMILES string of the molecule is COC(=O)[C@@]12OC[C@]34[C@H]([C@@H](O)[C@@H]1O)[C@@]1(C)CC(=O)C(O)=C(C)[C@@H]1C[C@H]3OC(=O)C(OC(=O)CC1(O)CCCCC1)[C@@H]24. The van der Waals surface area contributed by atoms with Gasteiger partial charge in [-0.3, -0.25) is 9.59 Å². The molecule has 2 saturated heterocycles. The van der Waals surface area contributed by atoms with Crippen LogP contribution in [0.25, 0.3) is 0 Å². The van der Waals surface area contributed by atoms with Crippen molar-refractivity contribution in [3.63, 3.8) is 0 Å². The summed E-state index contributed by atoms with van der Waals surface area (Å²) in [6.07, 6.45) is -3.30. The number of methoxy groups -OCH3 is 1. The molecule has 12 heteroatoms. The third kappa shape index (κ3) is 3.60. The van der Waals surface area contributed by atoms with Crippen molar-refractivity contribution in [2.24, 2.45) is 28.6 Å². The molecule has 0 aromatic carbocycles. The molecule has 4 aliphatic carbocycles. The molecule has 6 aliphatic rings. The van der Waals surface area contributed by atoms with Gasteiger partial charge in [-0.15, -0.1) is 0 Å². The molecule has 3 saturated carbocycles. The first-order chi connectivity index (χ1) is 19.3. The van der Waals surface area contributed by atoms with Crippen LogP contribution in [0.2, 0.25) is 0 Å². The van der Waals surface area contributed by atoms with Crippen LogP contribution in [0.1, 0.15) is 65.2 Å². The summed E-state index contributed by atoms with van der Waals surface area (Å²) < 4.78 is 22.8. The number of esters is 3. The molecule has 4 N–H and O–H groups in total. The molecule has 2 bridgehead atoms. The third-order valence-corrected chi connectivity index (χ3v) is 11.4. The van der Waals surface area contributed by atoms with Gasteiger partial charge in [0.1, 0.15) is 12.2 Å². The smallest absolute Gasteiger partial charge is 0.348 e. The molecule has 0 aromatic rings. The highest BCUT2D eigenvalue weighted by atomic mass is 16.6. The number of Topliss-reactive ketones (excluding diaryl/α,β-unsaturated/α-hetero) is 1. The number of hydrogen-bond acceptors (Lipinski definition) is 12. The minimum Gasteiger partial charge on any atom is -0.504 e. The van der Waals surface area contributed by atoms with Gasteiger partial charge in [0, 0.05) is 17.8 Å². The summed E-state index contributed by atoms with van der Waals surface area (Å²) in [6, 6.07) is 0. The van der Waals surface area contributed by atoms with Gasteiger partial charge in [0.25, 0.3) is 0 Å². The molecule has 1 unspecified atom stereocenters. The molecule has 41 heavy (non-hydrogen) atoms. The lowest BCUT2D eigenvalue weighted by Gasteiger charge is -2.67. The Balaban J connectivity index is 1.47. The lowest BCUT2D eigenvalue weighted by Crippen LogP contribution is -2.79. The van der Waals surface area contributed by atoms with E-state index in [1.807, 2.05) is 0 Å². The second-order valence-corrected chi connectivity index (χ2v) is 13.3. The molecular formula is C29H38O12. The number of carbonyl (C=O) groups excluding carboxylic acids is 4. The topological polar surface area (TPSA) is 186 Å². The maximum atomic E-state index is 13.6. The van der Waals surface area contributed by atoms with Crippen molar-refractivity contribution >= 4 is 23.7 Å². The lowest BCUT2D eigenvalue weighted by molar-refractivity contribution is -0.290. The van der Waals surface area contributed by atoms with Gasteiger partial charge in [-0.25, -0.2) is 9.59 Å². The lowest BCUT2D eigenvalue weighted by atomic mass is 9.38. The largest absolute Gasteiger partial charge is 0.504 e. The Morgan fingerprint density at radius 3 is 2.44 bits per heavy atom. The standard InChI is InChI=1S/C29H38O12/c1-13-14-9-16-28-12-39-29(25(36)38-3,23(34)19(33)21(28)26(14,2)10-15(30)18(13)32)22(28)20(24(35)40-16)41-17(31)11-27(37)7-5-4-6-8-27/h14,16,19-23,32-34,37H,4-12H2,1-3H3/t14-,16+,19+,20?,21+,22+,23-,26-,28+,29-/m0/s1. The van der Waals surface area contributed by atoms with Crippen molar-refractivity contribution in [1.82, 2.24) is 0 Å². The van der Waals surface area contributed by atoms with Crippen molar-refractivity contribution in [2.45, 2.75) is 101 Å². The van der Waals surface area contributed by atoms with Crippen molar-refractivity contribution in [1.29, 1.82) is 0 Å². The highest BCUT2D eigenvalue weighted by Gasteiger charge is 2.85. The number of rotatable bonds is 4. The number of aliphatic hydroxyl groups excluding tert-OH is 3. The Morgan fingerprint density at radius 1 is 1.10 bits per heavy atom. The fourth-order valence-electron chi connectivity index (χ4n) is 9.69. The fourth-order valence-corrected chi connectivity index (χ4v) is 9.69. The molecule has 1 spiro atoms. The minimum atomic E-state index is -2.26. The Morgan fingerprint density at radius 2 is 1.78 bits per heavy atom. The van der Waals surface area contributed by atoms with Crippen LogP contribution in [0.5, 0.6) is 0 Å². The maximum Gasteiger partial charge on any atom is 0.348 e. The monoisotopic (exact) mass is 578 g/mol. The van der Waals surface area contributed by atoms with E-state index in [0.717, 1.165) is 26.4 Å². The minimum absolute atomic E-state index is 0.155. The quantitative estimate of drug-likeness (QED) is 0.270. The van der Waals surface area contributed by atoms with E-state index in [-0.39, 0.29) is 31.6 Å². The Hall–Kier alpha value is -2.54. The molecule has 12 nitrogen and oxygen atoms in total. The highest BCUT2D eigenvalue weighted by molar-refractivity contribution is 5.95. The van der Waals surface area contributed by atoms with Gasteiger partial charge >= 0.3 is 17.9 Å². The van der Waals surface area contributed by atoms with Crippen LogP contribution in [-0.2, 0) is 38.1 Å². The van der Waals surface area contributed by atoms with Crippen LogP contribution in [0.4, 0.5) is 0 Å². The van der Waals surface area contributed by atoms with Gasteiger partial charge in [-0.2, -0.15) is 0 Å². The van der Waals surface area contributed by atoms with E-state index in [2.05, 4.69) is 0 Å². The normalized spacial score (nSPS) is 46.2. The zero-order valence-corrected chi connectivity index (χ0v) is 23.5. The van der Waals surface area contributed by atoms with Crippen LogP contribution in [-0.4, -0.2) is 93.5 Å². The van der Waals surface area contributed by atoms with E-state index >= 15 is 0 Å². The van der Waals surface area contributed by atoms with Gasteiger partial charge in [-0.1, -0.05) is 26.2 Å². The molecule has 0 radical (unpaired) electrons. The summed E-state index contributed by atoms with van der Waals surface area (Å²) >= 11 is 0. The van der Waals surface area contributed by atoms with Crippen LogP contribution in [0.3, 0.4) is 0 Å². The summed E-state index contributed by atoms with van der Waals surface area (Å²) in [4.78, 5) is 53.3. The molecule has 2 heterocycles. The number of ketones is 1.